The summed E-state index contributed by atoms with van der Waals surface area (Å²) in [5, 5.41) is 9.68. The van der Waals surface area contributed by atoms with Crippen LogP contribution in [-0.2, 0) is 0 Å². The molecule has 2 nitrogen and oxygen atoms in total. The number of nitriles is 1. The highest BCUT2D eigenvalue weighted by Crippen LogP contribution is 2.14. The Kier molecular flexibility index (Phi) is 1.49. The fourth-order valence-corrected chi connectivity index (χ4v) is 1.20. The molecule has 0 aliphatic heterocycles. The second kappa shape index (κ2) is 2.63. The zero-order chi connectivity index (χ0) is 8.39. The largest absolute Gasteiger partial charge is 0.256 e. The van der Waals surface area contributed by atoms with Gasteiger partial charge in [0, 0.05) is 11.6 Å². The molecule has 0 saturated carbocycles. The lowest BCUT2D eigenvalue weighted by molar-refractivity contribution is 1.40. The lowest BCUT2D eigenvalue weighted by Gasteiger charge is -1.96. The minimum atomic E-state index is 0.681. The van der Waals surface area contributed by atoms with E-state index in [4.69, 9.17) is 5.26 Å². The van der Waals surface area contributed by atoms with E-state index < -0.39 is 0 Å². The summed E-state index contributed by atoms with van der Waals surface area (Å²) < 4.78 is 0. The average molecular weight is 153 g/mol. The monoisotopic (exact) mass is 153 g/mol. The first kappa shape index (κ1) is 6.81. The maximum absolute atomic E-state index is 8.76. The van der Waals surface area contributed by atoms with Gasteiger partial charge in [-0.1, -0.05) is 6.07 Å². The second-order valence-corrected chi connectivity index (χ2v) is 2.49. The van der Waals surface area contributed by atoms with Crippen molar-refractivity contribution in [3.63, 3.8) is 0 Å². The van der Waals surface area contributed by atoms with Crippen LogP contribution < -0.4 is 0 Å². The van der Waals surface area contributed by atoms with Gasteiger partial charge in [-0.15, -0.1) is 0 Å². The summed E-state index contributed by atoms with van der Waals surface area (Å²) >= 11 is 0. The summed E-state index contributed by atoms with van der Waals surface area (Å²) in [4.78, 5) is 4.14. The van der Waals surface area contributed by atoms with E-state index in [2.05, 4.69) is 11.1 Å². The summed E-state index contributed by atoms with van der Waals surface area (Å²) in [5.74, 6) is 0. The molecule has 56 valence electrons. The van der Waals surface area contributed by atoms with Crippen LogP contribution in [0.1, 0.15) is 5.56 Å². The highest BCUT2D eigenvalue weighted by Gasteiger charge is 1.97. The van der Waals surface area contributed by atoms with E-state index in [9.17, 15) is 0 Å². The first-order valence-electron chi connectivity index (χ1n) is 3.65. The Balaban J connectivity index is 2.91. The van der Waals surface area contributed by atoms with Gasteiger partial charge in [-0.2, -0.15) is 5.26 Å². The number of benzene rings is 1. The van der Waals surface area contributed by atoms with Crippen molar-refractivity contribution in [3.8, 4) is 6.07 Å². The molecule has 0 atom stereocenters. The van der Waals surface area contributed by atoms with Crippen LogP contribution in [0.3, 0.4) is 0 Å². The Labute approximate surface area is 70.1 Å². The normalized spacial score (nSPS) is 9.58. The molecule has 1 heterocycles. The van der Waals surface area contributed by atoms with Crippen molar-refractivity contribution in [2.45, 2.75) is 0 Å². The van der Waals surface area contributed by atoms with E-state index in [1.807, 2.05) is 24.3 Å². The lowest BCUT2D eigenvalue weighted by Crippen LogP contribution is -1.80. The van der Waals surface area contributed by atoms with Crippen LogP contribution in [0.4, 0.5) is 0 Å². The van der Waals surface area contributed by atoms with E-state index in [-0.39, 0.29) is 0 Å². The quantitative estimate of drug-likeness (QED) is 0.581. The lowest BCUT2D eigenvalue weighted by atomic mass is 9.96. The molecule has 0 bridgehead atoms. The molecule has 2 aromatic rings. The van der Waals surface area contributed by atoms with E-state index in [0.717, 1.165) is 10.9 Å². The Bertz CT molecular complexity index is 449. The fraction of sp³-hybridized carbons (Fsp3) is 0. The molecule has 12 heavy (non-hydrogen) atoms. The molecule has 2 heteroatoms. The van der Waals surface area contributed by atoms with Crippen molar-refractivity contribution in [2.75, 3.05) is 0 Å². The van der Waals surface area contributed by atoms with Gasteiger partial charge in [0.05, 0.1) is 17.1 Å². The predicted octanol–water partition coefficient (Wildman–Crippen LogP) is 2.11. The first-order chi connectivity index (χ1) is 5.92. The standard InChI is InChI=1S/C10H6N2/c11-7-8-3-1-5-10-9(8)4-2-6-12-10/h1-6H/i7-1. The van der Waals surface area contributed by atoms with E-state index in [0.29, 0.717) is 5.56 Å². The van der Waals surface area contributed by atoms with Gasteiger partial charge in [-0.3, -0.25) is 4.98 Å². The van der Waals surface area contributed by atoms with Crippen molar-refractivity contribution in [1.82, 2.24) is 4.98 Å². The van der Waals surface area contributed by atoms with Crippen LogP contribution in [0, 0.1) is 11.3 Å². The summed E-state index contributed by atoms with van der Waals surface area (Å²) in [6.45, 7) is 0. The number of aromatic nitrogens is 1. The minimum absolute atomic E-state index is 0.681. The molecule has 1 aromatic heterocycles. The van der Waals surface area contributed by atoms with Gasteiger partial charge in [0.15, 0.2) is 0 Å². The van der Waals surface area contributed by atoms with E-state index in [1.165, 1.54) is 0 Å². The van der Waals surface area contributed by atoms with Crippen LogP contribution in [0.25, 0.3) is 10.9 Å². The third-order valence-electron chi connectivity index (χ3n) is 1.77. The third-order valence-corrected chi connectivity index (χ3v) is 1.77. The zero-order valence-electron chi connectivity index (χ0n) is 6.36. The van der Waals surface area contributed by atoms with Gasteiger partial charge in [0.1, 0.15) is 0 Å². The van der Waals surface area contributed by atoms with Gasteiger partial charge in [0.2, 0.25) is 0 Å². The summed E-state index contributed by atoms with van der Waals surface area (Å²) in [5.41, 5.74) is 1.55. The number of hydrogen-bond acceptors (Lipinski definition) is 2. The highest BCUT2D eigenvalue weighted by molar-refractivity contribution is 5.84. The van der Waals surface area contributed by atoms with Gasteiger partial charge in [-0.05, 0) is 24.3 Å². The molecule has 0 amide bonds. The van der Waals surface area contributed by atoms with Crippen LogP contribution in [0.15, 0.2) is 36.5 Å². The van der Waals surface area contributed by atoms with Gasteiger partial charge in [0.25, 0.3) is 0 Å². The molecule has 0 N–H and O–H groups in total. The van der Waals surface area contributed by atoms with Crippen molar-refractivity contribution in [1.29, 1.82) is 5.26 Å². The number of nitrogens with zero attached hydrogens (tertiary/aromatic N) is 2. The summed E-state index contributed by atoms with van der Waals surface area (Å²) in [6, 6.07) is 11.4. The van der Waals surface area contributed by atoms with Crippen molar-refractivity contribution >= 4 is 10.9 Å². The van der Waals surface area contributed by atoms with Crippen LogP contribution in [0.2, 0.25) is 0 Å². The fourth-order valence-electron chi connectivity index (χ4n) is 1.20. The van der Waals surface area contributed by atoms with Gasteiger partial charge in [-0.25, -0.2) is 0 Å². The maximum atomic E-state index is 8.76. The number of fused-ring (bicyclic) bond motifs is 1. The first-order valence-corrected chi connectivity index (χ1v) is 3.65. The molecule has 0 unspecified atom stereocenters. The molecular weight excluding hydrogens is 147 g/mol. The van der Waals surface area contributed by atoms with Crippen LogP contribution >= 0.6 is 0 Å². The number of rotatable bonds is 0. The molecule has 0 aliphatic rings. The Morgan fingerprint density at radius 3 is 2.92 bits per heavy atom. The van der Waals surface area contributed by atoms with Crippen LogP contribution in [-0.4, -0.2) is 4.98 Å². The summed E-state index contributed by atoms with van der Waals surface area (Å²) in [7, 11) is 0. The van der Waals surface area contributed by atoms with Crippen molar-refractivity contribution in [2.24, 2.45) is 0 Å². The minimum Gasteiger partial charge on any atom is -0.256 e. The SMILES string of the molecule is N#[11C]c1cccc2ncccc12. The second-order valence-electron chi connectivity index (χ2n) is 2.49. The summed E-state index contributed by atoms with van der Waals surface area (Å²) in [6.07, 6.45) is 1.73. The molecule has 2 rings (SSSR count). The van der Waals surface area contributed by atoms with E-state index >= 15 is 0 Å². The molecular formula is C10H6N2. The molecule has 1 aromatic carbocycles. The van der Waals surface area contributed by atoms with Crippen molar-refractivity contribution < 1.29 is 0 Å². The number of pyridine rings is 1. The van der Waals surface area contributed by atoms with Gasteiger partial charge >= 0.3 is 0 Å². The van der Waals surface area contributed by atoms with Gasteiger partial charge < -0.3 is 0 Å². The van der Waals surface area contributed by atoms with E-state index in [1.54, 1.807) is 12.3 Å². The average Bonchev–Trinajstić information content (AvgIpc) is 2.17. The molecule has 0 fully saturated rings. The molecule has 0 saturated heterocycles. The topological polar surface area (TPSA) is 36.7 Å². The molecule has 0 spiro atoms. The predicted molar refractivity (Wildman–Crippen MR) is 46.5 cm³/mol. The Morgan fingerprint density at radius 2 is 2.08 bits per heavy atom. The smallest absolute Gasteiger partial charge is 0.0998 e. The molecule has 0 aliphatic carbocycles. The number of hydrogen-bond donors (Lipinski definition) is 0. The Morgan fingerprint density at radius 1 is 1.17 bits per heavy atom. The maximum Gasteiger partial charge on any atom is 0.0998 e. The highest BCUT2D eigenvalue weighted by atomic mass is 14.6. The van der Waals surface area contributed by atoms with Crippen molar-refractivity contribution in [3.05, 3.63) is 42.1 Å². The third kappa shape index (κ3) is 0.923. The van der Waals surface area contributed by atoms with Crippen LogP contribution in [0.5, 0.6) is 0 Å². The Hall–Kier alpha value is -1.88. The molecule has 0 radical (unpaired) electrons. The zero-order valence-corrected chi connectivity index (χ0v) is 6.36.